The van der Waals surface area contributed by atoms with Crippen molar-refractivity contribution in [1.82, 2.24) is 14.9 Å². The number of aliphatic hydroxyl groups is 1. The molecule has 2 heterocycles. The van der Waals surface area contributed by atoms with Crippen molar-refractivity contribution in [3.8, 4) is 0 Å². The number of hydrogen-bond acceptors (Lipinski definition) is 4. The summed E-state index contributed by atoms with van der Waals surface area (Å²) in [6.07, 6.45) is 0.999. The van der Waals surface area contributed by atoms with Crippen molar-refractivity contribution in [1.29, 1.82) is 0 Å². The fourth-order valence-electron chi connectivity index (χ4n) is 2.75. The molecular formula is C16H15F2N3O2. The summed E-state index contributed by atoms with van der Waals surface area (Å²) in [6.45, 7) is 1.84. The number of halogens is 2. The predicted molar refractivity (Wildman–Crippen MR) is 77.5 cm³/mol. The van der Waals surface area contributed by atoms with E-state index >= 15 is 0 Å². The molecule has 2 unspecified atom stereocenters. The van der Waals surface area contributed by atoms with Crippen molar-refractivity contribution in [3.05, 3.63) is 59.2 Å². The first-order chi connectivity index (χ1) is 11.0. The summed E-state index contributed by atoms with van der Waals surface area (Å²) in [5, 5.41) is 9.90. The summed E-state index contributed by atoms with van der Waals surface area (Å²) < 4.78 is 26.6. The third-order valence-corrected chi connectivity index (χ3v) is 3.85. The van der Waals surface area contributed by atoms with Crippen LogP contribution in [-0.4, -0.2) is 38.5 Å². The molecule has 120 valence electrons. The van der Waals surface area contributed by atoms with Crippen LogP contribution in [0.1, 0.15) is 34.3 Å². The number of hydrogen-bond donors (Lipinski definition) is 1. The number of amides is 1. The molecule has 1 N–H and O–H groups in total. The van der Waals surface area contributed by atoms with Crippen molar-refractivity contribution in [2.45, 2.75) is 25.5 Å². The van der Waals surface area contributed by atoms with Crippen molar-refractivity contribution in [3.63, 3.8) is 0 Å². The summed E-state index contributed by atoms with van der Waals surface area (Å²) in [5.74, 6) is -2.36. The number of β-amino-alcohol motifs (C(OH)–C–C–N with tert-alkyl or cyclic N) is 1. The van der Waals surface area contributed by atoms with E-state index in [1.165, 1.54) is 17.2 Å². The maximum Gasteiger partial charge on any atom is 0.292 e. The average molecular weight is 319 g/mol. The fourth-order valence-corrected chi connectivity index (χ4v) is 2.75. The Bertz CT molecular complexity index is 754. The van der Waals surface area contributed by atoms with Crippen molar-refractivity contribution >= 4 is 5.91 Å². The molecule has 1 aliphatic rings. The zero-order chi connectivity index (χ0) is 16.6. The Morgan fingerprint density at radius 3 is 2.78 bits per heavy atom. The van der Waals surface area contributed by atoms with Crippen LogP contribution in [-0.2, 0) is 0 Å². The Hall–Kier alpha value is -2.41. The molecule has 0 spiro atoms. The molecule has 1 aromatic carbocycles. The average Bonchev–Trinajstić information content (AvgIpc) is 2.91. The Morgan fingerprint density at radius 1 is 1.30 bits per heavy atom. The highest BCUT2D eigenvalue weighted by atomic mass is 19.2. The van der Waals surface area contributed by atoms with E-state index in [1.807, 2.05) is 0 Å². The van der Waals surface area contributed by atoms with Crippen LogP contribution in [0.4, 0.5) is 8.78 Å². The monoisotopic (exact) mass is 319 g/mol. The molecule has 1 aliphatic heterocycles. The Morgan fingerprint density at radius 2 is 2.09 bits per heavy atom. The number of aryl methyl sites for hydroxylation is 1. The van der Waals surface area contributed by atoms with Gasteiger partial charge in [-0.15, -0.1) is 0 Å². The van der Waals surface area contributed by atoms with Crippen LogP contribution in [0.5, 0.6) is 0 Å². The SMILES string of the molecule is Cc1ccnc(C(=O)N2CC(O)CC2c2ccc(F)c(F)c2)n1. The van der Waals surface area contributed by atoms with Crippen LogP contribution in [0, 0.1) is 18.6 Å². The fraction of sp³-hybridized carbons (Fsp3) is 0.312. The lowest BCUT2D eigenvalue weighted by molar-refractivity contribution is 0.0703. The van der Waals surface area contributed by atoms with Crippen LogP contribution in [0.15, 0.2) is 30.5 Å². The van der Waals surface area contributed by atoms with Crippen LogP contribution in [0.25, 0.3) is 0 Å². The Balaban J connectivity index is 1.93. The van der Waals surface area contributed by atoms with Gasteiger partial charge in [-0.3, -0.25) is 4.79 Å². The molecule has 0 radical (unpaired) electrons. The molecular weight excluding hydrogens is 304 g/mol. The van der Waals surface area contributed by atoms with Gasteiger partial charge in [0.1, 0.15) is 0 Å². The largest absolute Gasteiger partial charge is 0.391 e. The van der Waals surface area contributed by atoms with E-state index in [4.69, 9.17) is 0 Å². The van der Waals surface area contributed by atoms with Gasteiger partial charge in [0.05, 0.1) is 12.1 Å². The lowest BCUT2D eigenvalue weighted by atomic mass is 10.0. The summed E-state index contributed by atoms with van der Waals surface area (Å²) >= 11 is 0. The second kappa shape index (κ2) is 6.00. The van der Waals surface area contributed by atoms with Gasteiger partial charge in [0.2, 0.25) is 5.82 Å². The highest BCUT2D eigenvalue weighted by Crippen LogP contribution is 2.33. The number of nitrogens with zero attached hydrogens (tertiary/aromatic N) is 3. The van der Waals surface area contributed by atoms with Gasteiger partial charge >= 0.3 is 0 Å². The molecule has 1 fully saturated rings. The highest BCUT2D eigenvalue weighted by molar-refractivity contribution is 5.91. The minimum Gasteiger partial charge on any atom is -0.391 e. The summed E-state index contributed by atoms with van der Waals surface area (Å²) in [5.41, 5.74) is 1.08. The maximum atomic E-state index is 13.5. The van der Waals surface area contributed by atoms with Gasteiger partial charge in [0.15, 0.2) is 11.6 Å². The van der Waals surface area contributed by atoms with Gasteiger partial charge in [-0.25, -0.2) is 18.7 Å². The lowest BCUT2D eigenvalue weighted by Crippen LogP contribution is -2.33. The van der Waals surface area contributed by atoms with Gasteiger partial charge in [-0.2, -0.15) is 0 Å². The molecule has 0 saturated carbocycles. The normalized spacial score (nSPS) is 20.8. The summed E-state index contributed by atoms with van der Waals surface area (Å²) in [7, 11) is 0. The van der Waals surface area contributed by atoms with Gasteiger partial charge in [0, 0.05) is 18.4 Å². The maximum absolute atomic E-state index is 13.5. The minimum absolute atomic E-state index is 0.0201. The molecule has 1 amide bonds. The van der Waals surface area contributed by atoms with Crippen LogP contribution in [0.3, 0.4) is 0 Å². The molecule has 1 saturated heterocycles. The molecule has 0 bridgehead atoms. The van der Waals surface area contributed by atoms with Crippen molar-refractivity contribution < 1.29 is 18.7 Å². The van der Waals surface area contributed by atoms with E-state index in [-0.39, 0.29) is 18.8 Å². The second-order valence-corrected chi connectivity index (χ2v) is 5.56. The van der Waals surface area contributed by atoms with Crippen LogP contribution in [0.2, 0.25) is 0 Å². The topological polar surface area (TPSA) is 66.3 Å². The number of aliphatic hydroxyl groups excluding tert-OH is 1. The van der Waals surface area contributed by atoms with Gasteiger partial charge in [0.25, 0.3) is 5.91 Å². The minimum atomic E-state index is -0.983. The lowest BCUT2D eigenvalue weighted by Gasteiger charge is -2.24. The first-order valence-electron chi connectivity index (χ1n) is 7.19. The third-order valence-electron chi connectivity index (χ3n) is 3.85. The molecule has 3 rings (SSSR count). The number of carbonyl (C=O) groups is 1. The molecule has 2 aromatic rings. The zero-order valence-corrected chi connectivity index (χ0v) is 12.4. The molecule has 0 aliphatic carbocycles. The van der Waals surface area contributed by atoms with Gasteiger partial charge in [-0.1, -0.05) is 6.07 Å². The number of likely N-dealkylation sites (tertiary alicyclic amines) is 1. The first-order valence-corrected chi connectivity index (χ1v) is 7.19. The smallest absolute Gasteiger partial charge is 0.292 e. The van der Waals surface area contributed by atoms with E-state index < -0.39 is 29.7 Å². The van der Waals surface area contributed by atoms with E-state index in [1.54, 1.807) is 13.0 Å². The summed E-state index contributed by atoms with van der Waals surface area (Å²) in [4.78, 5) is 22.0. The quantitative estimate of drug-likeness (QED) is 0.919. The zero-order valence-electron chi connectivity index (χ0n) is 12.4. The third kappa shape index (κ3) is 3.05. The van der Waals surface area contributed by atoms with Crippen LogP contribution >= 0.6 is 0 Å². The van der Waals surface area contributed by atoms with Crippen LogP contribution < -0.4 is 0 Å². The molecule has 23 heavy (non-hydrogen) atoms. The molecule has 1 aromatic heterocycles. The molecule has 5 nitrogen and oxygen atoms in total. The van der Waals surface area contributed by atoms with Gasteiger partial charge in [-0.05, 0) is 37.1 Å². The summed E-state index contributed by atoms with van der Waals surface area (Å²) in [6, 6.07) is 4.61. The van der Waals surface area contributed by atoms with E-state index in [2.05, 4.69) is 9.97 Å². The van der Waals surface area contributed by atoms with E-state index in [0.717, 1.165) is 12.1 Å². The Labute approximate surface area is 131 Å². The predicted octanol–water partition coefficient (Wildman–Crippen LogP) is 2.01. The standard InChI is InChI=1S/C16H15F2N3O2/c1-9-4-5-19-15(20-9)16(23)21-8-11(22)7-14(21)10-2-3-12(17)13(18)6-10/h2-6,11,14,22H,7-8H2,1H3. The van der Waals surface area contributed by atoms with Crippen molar-refractivity contribution in [2.75, 3.05) is 6.54 Å². The highest BCUT2D eigenvalue weighted by Gasteiger charge is 2.37. The van der Waals surface area contributed by atoms with E-state index in [0.29, 0.717) is 11.3 Å². The van der Waals surface area contributed by atoms with Crippen molar-refractivity contribution in [2.24, 2.45) is 0 Å². The van der Waals surface area contributed by atoms with Gasteiger partial charge < -0.3 is 10.0 Å². The number of benzene rings is 1. The first kappa shape index (κ1) is 15.5. The second-order valence-electron chi connectivity index (χ2n) is 5.56. The number of rotatable bonds is 2. The number of aromatic nitrogens is 2. The molecule has 7 heteroatoms. The molecule has 2 atom stereocenters. The Kier molecular flexibility index (Phi) is 4.04. The van der Waals surface area contributed by atoms with E-state index in [9.17, 15) is 18.7 Å². The number of carbonyl (C=O) groups excluding carboxylic acids is 1.